The predicted molar refractivity (Wildman–Crippen MR) is 101 cm³/mol. The van der Waals surface area contributed by atoms with Crippen LogP contribution < -0.4 is 10.7 Å². The van der Waals surface area contributed by atoms with Gasteiger partial charge in [-0.2, -0.15) is 5.10 Å². The number of nitrogens with one attached hydrogen (secondary N) is 2. The number of nitro benzene ring substituents is 1. The van der Waals surface area contributed by atoms with Crippen molar-refractivity contribution in [1.29, 1.82) is 0 Å². The SMILES string of the molecule is O=C(CCC(=O)Nc1ccc(Br)cc1)N/N=C/c1ccc([N+](=O)[O-])cc1. The number of benzene rings is 2. The van der Waals surface area contributed by atoms with Gasteiger partial charge in [0.05, 0.1) is 11.1 Å². The first-order valence-electron chi connectivity index (χ1n) is 7.56. The van der Waals surface area contributed by atoms with E-state index in [1.807, 2.05) is 0 Å². The molecule has 0 aliphatic rings. The lowest BCUT2D eigenvalue weighted by Gasteiger charge is -2.04. The Balaban J connectivity index is 1.73. The highest BCUT2D eigenvalue weighted by Crippen LogP contribution is 2.14. The van der Waals surface area contributed by atoms with E-state index < -0.39 is 10.8 Å². The number of rotatable bonds is 7. The van der Waals surface area contributed by atoms with E-state index in [0.717, 1.165) is 4.47 Å². The molecule has 0 radical (unpaired) electrons. The van der Waals surface area contributed by atoms with Gasteiger partial charge in [0, 0.05) is 35.1 Å². The lowest BCUT2D eigenvalue weighted by molar-refractivity contribution is -0.384. The van der Waals surface area contributed by atoms with Crippen molar-refractivity contribution >= 4 is 45.3 Å². The van der Waals surface area contributed by atoms with Gasteiger partial charge in [-0.15, -0.1) is 0 Å². The van der Waals surface area contributed by atoms with Gasteiger partial charge in [-0.25, -0.2) is 5.43 Å². The van der Waals surface area contributed by atoms with Gasteiger partial charge in [0.2, 0.25) is 11.8 Å². The number of carbonyl (C=O) groups is 2. The molecule has 2 N–H and O–H groups in total. The highest BCUT2D eigenvalue weighted by atomic mass is 79.9. The highest BCUT2D eigenvalue weighted by molar-refractivity contribution is 9.10. The minimum atomic E-state index is -0.498. The van der Waals surface area contributed by atoms with E-state index in [1.165, 1.54) is 30.5 Å². The molecule has 0 spiro atoms. The van der Waals surface area contributed by atoms with Gasteiger partial charge in [-0.05, 0) is 42.0 Å². The fraction of sp³-hybridized carbons (Fsp3) is 0.118. The summed E-state index contributed by atoms with van der Waals surface area (Å²) in [7, 11) is 0. The fourth-order valence-corrected chi connectivity index (χ4v) is 2.16. The van der Waals surface area contributed by atoms with Crippen LogP contribution in [0.1, 0.15) is 18.4 Å². The lowest BCUT2D eigenvalue weighted by Crippen LogP contribution is -2.20. The third-order valence-corrected chi connectivity index (χ3v) is 3.74. The van der Waals surface area contributed by atoms with E-state index in [4.69, 9.17) is 0 Å². The molecule has 0 heterocycles. The van der Waals surface area contributed by atoms with Crippen molar-refractivity contribution in [2.24, 2.45) is 5.10 Å². The van der Waals surface area contributed by atoms with Gasteiger partial charge in [-0.3, -0.25) is 19.7 Å². The first-order chi connectivity index (χ1) is 12.4. The van der Waals surface area contributed by atoms with Crippen molar-refractivity contribution in [1.82, 2.24) is 5.43 Å². The van der Waals surface area contributed by atoms with Gasteiger partial charge >= 0.3 is 0 Å². The molecule has 2 amide bonds. The normalized spacial score (nSPS) is 10.5. The number of nitrogens with zero attached hydrogens (tertiary/aromatic N) is 2. The molecule has 0 saturated carbocycles. The molecular formula is C17H15BrN4O4. The van der Waals surface area contributed by atoms with E-state index in [2.05, 4.69) is 31.8 Å². The second-order valence-corrected chi connectivity index (χ2v) is 6.11. The average molecular weight is 419 g/mol. The van der Waals surface area contributed by atoms with Crippen molar-refractivity contribution < 1.29 is 14.5 Å². The maximum Gasteiger partial charge on any atom is 0.269 e. The maximum atomic E-state index is 11.8. The van der Waals surface area contributed by atoms with Crippen molar-refractivity contribution in [2.75, 3.05) is 5.32 Å². The molecule has 0 aromatic heterocycles. The maximum absolute atomic E-state index is 11.8. The average Bonchev–Trinajstić information content (AvgIpc) is 2.62. The van der Waals surface area contributed by atoms with E-state index >= 15 is 0 Å². The predicted octanol–water partition coefficient (Wildman–Crippen LogP) is 3.23. The zero-order chi connectivity index (χ0) is 18.9. The lowest BCUT2D eigenvalue weighted by atomic mass is 10.2. The molecular weight excluding hydrogens is 404 g/mol. The molecule has 2 rings (SSSR count). The zero-order valence-corrected chi connectivity index (χ0v) is 15.1. The summed E-state index contributed by atoms with van der Waals surface area (Å²) >= 11 is 3.30. The van der Waals surface area contributed by atoms with E-state index in [1.54, 1.807) is 24.3 Å². The zero-order valence-electron chi connectivity index (χ0n) is 13.5. The van der Waals surface area contributed by atoms with Crippen LogP contribution in [-0.2, 0) is 9.59 Å². The number of hydrazone groups is 1. The van der Waals surface area contributed by atoms with Gasteiger partial charge in [0.25, 0.3) is 5.69 Å². The summed E-state index contributed by atoms with van der Waals surface area (Å²) in [6, 6.07) is 12.8. The van der Waals surface area contributed by atoms with Crippen LogP contribution >= 0.6 is 15.9 Å². The van der Waals surface area contributed by atoms with Crippen LogP contribution in [0.4, 0.5) is 11.4 Å². The summed E-state index contributed by atoms with van der Waals surface area (Å²) < 4.78 is 0.903. The Kier molecular flexibility index (Phi) is 6.98. The topological polar surface area (TPSA) is 114 Å². The summed E-state index contributed by atoms with van der Waals surface area (Å²) in [5, 5.41) is 17.0. The van der Waals surface area contributed by atoms with Crippen LogP contribution in [0.2, 0.25) is 0 Å². The Bertz CT molecular complexity index is 820. The Morgan fingerprint density at radius 1 is 1.04 bits per heavy atom. The van der Waals surface area contributed by atoms with Gasteiger partial charge in [0.1, 0.15) is 0 Å². The molecule has 0 unspecified atom stereocenters. The second-order valence-electron chi connectivity index (χ2n) is 5.20. The van der Waals surface area contributed by atoms with Gasteiger partial charge in [-0.1, -0.05) is 15.9 Å². The largest absolute Gasteiger partial charge is 0.326 e. The molecule has 0 fully saturated rings. The Hall–Kier alpha value is -3.07. The molecule has 0 bridgehead atoms. The summed E-state index contributed by atoms with van der Waals surface area (Å²) in [4.78, 5) is 33.5. The first kappa shape index (κ1) is 19.3. The van der Waals surface area contributed by atoms with E-state index in [9.17, 15) is 19.7 Å². The van der Waals surface area contributed by atoms with Crippen molar-refractivity contribution in [3.8, 4) is 0 Å². The molecule has 26 heavy (non-hydrogen) atoms. The monoisotopic (exact) mass is 418 g/mol. The van der Waals surface area contributed by atoms with Crippen LogP contribution in [0.5, 0.6) is 0 Å². The third kappa shape index (κ3) is 6.44. The van der Waals surface area contributed by atoms with Gasteiger partial charge in [0.15, 0.2) is 0 Å². The van der Waals surface area contributed by atoms with Crippen molar-refractivity contribution in [2.45, 2.75) is 12.8 Å². The molecule has 0 saturated heterocycles. The summed E-state index contributed by atoms with van der Waals surface area (Å²) in [6.45, 7) is 0. The van der Waals surface area contributed by atoms with Crippen LogP contribution in [0.3, 0.4) is 0 Å². The van der Waals surface area contributed by atoms with Crippen molar-refractivity contribution in [3.05, 3.63) is 68.7 Å². The van der Waals surface area contributed by atoms with Crippen molar-refractivity contribution in [3.63, 3.8) is 0 Å². The van der Waals surface area contributed by atoms with E-state index in [-0.39, 0.29) is 24.4 Å². The molecule has 0 aliphatic carbocycles. The van der Waals surface area contributed by atoms with Crippen LogP contribution in [-0.4, -0.2) is 23.0 Å². The number of hydrogen-bond donors (Lipinski definition) is 2. The number of halogens is 1. The molecule has 8 nitrogen and oxygen atoms in total. The molecule has 2 aromatic rings. The minimum absolute atomic E-state index is 0.0139. The highest BCUT2D eigenvalue weighted by Gasteiger charge is 2.07. The smallest absolute Gasteiger partial charge is 0.269 e. The number of nitro groups is 1. The molecule has 2 aromatic carbocycles. The quantitative estimate of drug-likeness (QED) is 0.408. The second kappa shape index (κ2) is 9.42. The van der Waals surface area contributed by atoms with Gasteiger partial charge < -0.3 is 5.32 Å². The fourth-order valence-electron chi connectivity index (χ4n) is 1.90. The summed E-state index contributed by atoms with van der Waals surface area (Å²) in [5.41, 5.74) is 3.53. The third-order valence-electron chi connectivity index (χ3n) is 3.21. The number of anilines is 1. The Morgan fingerprint density at radius 3 is 2.27 bits per heavy atom. The molecule has 134 valence electrons. The number of amides is 2. The summed E-state index contributed by atoms with van der Waals surface area (Å²) in [5.74, 6) is -0.684. The van der Waals surface area contributed by atoms with Crippen LogP contribution in [0.25, 0.3) is 0 Å². The Labute approximate surface area is 157 Å². The van der Waals surface area contributed by atoms with Crippen LogP contribution in [0.15, 0.2) is 58.1 Å². The molecule has 0 aliphatic heterocycles. The van der Waals surface area contributed by atoms with Crippen LogP contribution in [0, 0.1) is 10.1 Å². The van der Waals surface area contributed by atoms with E-state index in [0.29, 0.717) is 11.3 Å². The molecule has 9 heteroatoms. The summed E-state index contributed by atoms with van der Waals surface area (Å²) in [6.07, 6.45) is 1.37. The number of non-ortho nitro benzene ring substituents is 1. The first-order valence-corrected chi connectivity index (χ1v) is 8.35. The number of hydrogen-bond acceptors (Lipinski definition) is 5. The minimum Gasteiger partial charge on any atom is -0.326 e. The standard InChI is InChI=1S/C17H15BrN4O4/c18-13-3-5-14(6-4-13)20-16(23)9-10-17(24)21-19-11-12-1-7-15(8-2-12)22(25)26/h1-8,11H,9-10H2,(H,20,23)(H,21,24)/b19-11+. The molecule has 0 atom stereocenters. The number of carbonyl (C=O) groups excluding carboxylic acids is 2. The Morgan fingerprint density at radius 2 is 1.65 bits per heavy atom.